The van der Waals surface area contributed by atoms with Crippen LogP contribution in [0.3, 0.4) is 0 Å². The second kappa shape index (κ2) is 3.90. The maximum absolute atomic E-state index is 5.34. The summed E-state index contributed by atoms with van der Waals surface area (Å²) in [6, 6.07) is 0. The van der Waals surface area contributed by atoms with Crippen molar-refractivity contribution in [3.05, 3.63) is 0 Å². The number of alkyl halides is 1. The Hall–Kier alpha value is 0.690. The Morgan fingerprint density at radius 2 is 2.10 bits per heavy atom. The van der Waals surface area contributed by atoms with Crippen LogP contribution in [0, 0.1) is 5.92 Å². The monoisotopic (exact) mass is 254 g/mol. The molecule has 1 aliphatic carbocycles. The molecule has 3 atom stereocenters. The van der Waals surface area contributed by atoms with E-state index in [-0.39, 0.29) is 0 Å². The normalized spacial score (nSPS) is 41.7. The van der Waals surface area contributed by atoms with Crippen molar-refractivity contribution < 1.29 is 4.74 Å². The van der Waals surface area contributed by atoms with E-state index >= 15 is 0 Å². The first-order valence-corrected chi connectivity index (χ1v) is 5.15. The van der Waals surface area contributed by atoms with E-state index in [0.29, 0.717) is 6.10 Å². The second-order valence-corrected chi connectivity index (χ2v) is 4.81. The molecule has 0 aromatic rings. The van der Waals surface area contributed by atoms with Gasteiger partial charge in [0.25, 0.3) is 0 Å². The van der Waals surface area contributed by atoms with Crippen LogP contribution in [0.5, 0.6) is 0 Å². The van der Waals surface area contributed by atoms with Gasteiger partial charge in [0.1, 0.15) is 0 Å². The van der Waals surface area contributed by atoms with E-state index in [4.69, 9.17) is 4.74 Å². The van der Waals surface area contributed by atoms with Gasteiger partial charge in [-0.25, -0.2) is 0 Å². The molecule has 1 fully saturated rings. The van der Waals surface area contributed by atoms with Gasteiger partial charge in [-0.2, -0.15) is 0 Å². The molecule has 0 heterocycles. The van der Waals surface area contributed by atoms with Crippen LogP contribution in [0.2, 0.25) is 0 Å². The Balaban J connectivity index is 2.36. The minimum Gasteiger partial charge on any atom is -0.380 e. The number of ether oxygens (including phenoxy) is 1. The maximum Gasteiger partial charge on any atom is 0.0689 e. The molecule has 1 nitrogen and oxygen atoms in total. The molecule has 1 saturated carbocycles. The lowest BCUT2D eigenvalue weighted by molar-refractivity contribution is 0.0692. The summed E-state index contributed by atoms with van der Waals surface area (Å²) in [5.74, 6) is 0.910. The lowest BCUT2D eigenvalue weighted by Crippen LogP contribution is -2.29. The molecule has 2 heteroatoms. The highest BCUT2D eigenvalue weighted by Gasteiger charge is 2.25. The summed E-state index contributed by atoms with van der Waals surface area (Å²) in [6.45, 7) is 2.33. The third-order valence-electron chi connectivity index (χ3n) is 2.28. The largest absolute Gasteiger partial charge is 0.380 e. The number of hydrogen-bond donors (Lipinski definition) is 0. The lowest BCUT2D eigenvalue weighted by atomic mass is 9.89. The van der Waals surface area contributed by atoms with E-state index < -0.39 is 0 Å². The van der Waals surface area contributed by atoms with Gasteiger partial charge in [-0.15, -0.1) is 0 Å². The molecule has 1 rings (SSSR count). The molecule has 60 valence electrons. The highest BCUT2D eigenvalue weighted by molar-refractivity contribution is 14.1. The summed E-state index contributed by atoms with van der Waals surface area (Å²) in [5, 5.41) is 0. The van der Waals surface area contributed by atoms with E-state index in [9.17, 15) is 0 Å². The minimum atomic E-state index is 0.525. The van der Waals surface area contributed by atoms with Gasteiger partial charge in [-0.05, 0) is 25.2 Å². The Morgan fingerprint density at radius 1 is 1.40 bits per heavy atom. The van der Waals surface area contributed by atoms with Crippen LogP contribution in [0.1, 0.15) is 26.2 Å². The third kappa shape index (κ3) is 2.09. The maximum atomic E-state index is 5.34. The van der Waals surface area contributed by atoms with Crippen molar-refractivity contribution in [2.24, 2.45) is 5.92 Å². The van der Waals surface area contributed by atoms with E-state index in [1.807, 2.05) is 7.11 Å². The van der Waals surface area contributed by atoms with Crippen molar-refractivity contribution in [1.82, 2.24) is 0 Å². The molecule has 10 heavy (non-hydrogen) atoms. The van der Waals surface area contributed by atoms with E-state index in [1.165, 1.54) is 19.3 Å². The summed E-state index contributed by atoms with van der Waals surface area (Å²) < 4.78 is 6.09. The molecule has 0 amide bonds. The fraction of sp³-hybridized carbons (Fsp3) is 1.00. The standard InChI is InChI=1S/C8H15IO/c1-6-3-4-8(10-2)7(9)5-6/h6-8H,3-5H2,1-2H3. The fourth-order valence-electron chi connectivity index (χ4n) is 1.55. The van der Waals surface area contributed by atoms with Crippen molar-refractivity contribution in [2.75, 3.05) is 7.11 Å². The number of rotatable bonds is 1. The van der Waals surface area contributed by atoms with Gasteiger partial charge in [-0.3, -0.25) is 0 Å². The summed E-state index contributed by atoms with van der Waals surface area (Å²) >= 11 is 2.51. The van der Waals surface area contributed by atoms with Gasteiger partial charge in [0.15, 0.2) is 0 Å². The van der Waals surface area contributed by atoms with Crippen LogP contribution >= 0.6 is 22.6 Å². The number of hydrogen-bond acceptors (Lipinski definition) is 1. The van der Waals surface area contributed by atoms with Crippen molar-refractivity contribution >= 4 is 22.6 Å². The van der Waals surface area contributed by atoms with Gasteiger partial charge in [0.2, 0.25) is 0 Å². The lowest BCUT2D eigenvalue weighted by Gasteiger charge is -2.29. The van der Waals surface area contributed by atoms with Crippen molar-refractivity contribution in [2.45, 2.75) is 36.2 Å². The zero-order valence-corrected chi connectivity index (χ0v) is 8.80. The topological polar surface area (TPSA) is 9.23 Å². The Labute approximate surface area is 76.7 Å². The van der Waals surface area contributed by atoms with Crippen LogP contribution in [0.4, 0.5) is 0 Å². The Morgan fingerprint density at radius 3 is 2.60 bits per heavy atom. The molecule has 0 aliphatic heterocycles. The molecule has 0 radical (unpaired) electrons. The smallest absolute Gasteiger partial charge is 0.0689 e. The molecule has 0 saturated heterocycles. The van der Waals surface area contributed by atoms with Crippen LogP contribution in [0.15, 0.2) is 0 Å². The Bertz CT molecular complexity index is 105. The summed E-state index contributed by atoms with van der Waals surface area (Å²) in [6.07, 6.45) is 4.46. The average molecular weight is 254 g/mol. The molecule has 1 aliphatic rings. The van der Waals surface area contributed by atoms with Crippen LogP contribution in [0.25, 0.3) is 0 Å². The van der Waals surface area contributed by atoms with Gasteiger partial charge in [-0.1, -0.05) is 29.5 Å². The summed E-state index contributed by atoms with van der Waals surface area (Å²) in [5.41, 5.74) is 0. The zero-order chi connectivity index (χ0) is 7.56. The molecular formula is C8H15IO. The van der Waals surface area contributed by atoms with E-state index in [0.717, 1.165) is 9.84 Å². The van der Waals surface area contributed by atoms with Crippen LogP contribution in [-0.2, 0) is 4.74 Å². The van der Waals surface area contributed by atoms with Gasteiger partial charge < -0.3 is 4.74 Å². The average Bonchev–Trinajstić information content (AvgIpc) is 1.88. The third-order valence-corrected chi connectivity index (χ3v) is 3.59. The predicted molar refractivity (Wildman–Crippen MR) is 51.6 cm³/mol. The summed E-state index contributed by atoms with van der Waals surface area (Å²) in [4.78, 5) is 0. The zero-order valence-electron chi connectivity index (χ0n) is 6.64. The minimum absolute atomic E-state index is 0.525. The van der Waals surface area contributed by atoms with Crippen molar-refractivity contribution in [1.29, 1.82) is 0 Å². The predicted octanol–water partition coefficient (Wildman–Crippen LogP) is 2.63. The fourth-order valence-corrected chi connectivity index (χ4v) is 3.07. The second-order valence-electron chi connectivity index (χ2n) is 3.21. The quantitative estimate of drug-likeness (QED) is 0.516. The van der Waals surface area contributed by atoms with E-state index in [2.05, 4.69) is 29.5 Å². The number of halogens is 1. The molecule has 0 N–H and O–H groups in total. The molecule has 0 aromatic heterocycles. The first-order chi connectivity index (χ1) is 4.74. The molecule has 0 spiro atoms. The Kier molecular flexibility index (Phi) is 3.43. The van der Waals surface area contributed by atoms with Gasteiger partial charge >= 0.3 is 0 Å². The first-order valence-electron chi connectivity index (χ1n) is 3.91. The van der Waals surface area contributed by atoms with Gasteiger partial charge in [0, 0.05) is 11.0 Å². The van der Waals surface area contributed by atoms with Crippen LogP contribution < -0.4 is 0 Å². The van der Waals surface area contributed by atoms with E-state index in [1.54, 1.807) is 0 Å². The van der Waals surface area contributed by atoms with Gasteiger partial charge in [0.05, 0.1) is 6.10 Å². The van der Waals surface area contributed by atoms with Crippen molar-refractivity contribution in [3.63, 3.8) is 0 Å². The highest BCUT2D eigenvalue weighted by atomic mass is 127. The van der Waals surface area contributed by atoms with Crippen LogP contribution in [-0.4, -0.2) is 17.1 Å². The SMILES string of the molecule is COC1CCC(C)CC1I. The number of methoxy groups -OCH3 is 1. The molecule has 0 aromatic carbocycles. The first kappa shape index (κ1) is 8.78. The molecule has 0 bridgehead atoms. The van der Waals surface area contributed by atoms with Crippen molar-refractivity contribution in [3.8, 4) is 0 Å². The molecular weight excluding hydrogens is 239 g/mol. The summed E-state index contributed by atoms with van der Waals surface area (Å²) in [7, 11) is 1.83. The highest BCUT2D eigenvalue weighted by Crippen LogP contribution is 2.30. The molecule has 3 unspecified atom stereocenters.